The van der Waals surface area contributed by atoms with Crippen LogP contribution in [0.25, 0.3) is 0 Å². The number of anilines is 1. The molecular weight excluding hydrogens is 274 g/mol. The lowest BCUT2D eigenvalue weighted by Gasteiger charge is -2.27. The van der Waals surface area contributed by atoms with Crippen molar-refractivity contribution in [2.45, 2.75) is 26.2 Å². The van der Waals surface area contributed by atoms with Gasteiger partial charge >= 0.3 is 0 Å². The van der Waals surface area contributed by atoms with E-state index in [2.05, 4.69) is 15.7 Å². The van der Waals surface area contributed by atoms with Crippen molar-refractivity contribution in [3.8, 4) is 0 Å². The molecule has 1 saturated heterocycles. The van der Waals surface area contributed by atoms with Gasteiger partial charge in [-0.2, -0.15) is 5.10 Å². The van der Waals surface area contributed by atoms with Gasteiger partial charge in [-0.05, 0) is 38.4 Å². The van der Waals surface area contributed by atoms with Crippen LogP contribution in [0.1, 0.15) is 36.7 Å². The fourth-order valence-electron chi connectivity index (χ4n) is 2.36. The first-order chi connectivity index (χ1) is 9.63. The smallest absolute Gasteiger partial charge is 0.274 e. The third-order valence-electron chi connectivity index (χ3n) is 3.37. The lowest BCUT2D eigenvalue weighted by molar-refractivity contribution is 0.0714. The van der Waals surface area contributed by atoms with Crippen LogP contribution in [0, 0.1) is 0 Å². The quantitative estimate of drug-likeness (QED) is 0.824. The molecule has 20 heavy (non-hydrogen) atoms. The highest BCUT2D eigenvalue weighted by Crippen LogP contribution is 2.19. The molecule has 0 aliphatic carbocycles. The number of aromatic nitrogens is 2. The van der Waals surface area contributed by atoms with E-state index in [0.29, 0.717) is 16.5 Å². The Kier molecular flexibility index (Phi) is 4.94. The van der Waals surface area contributed by atoms with Crippen molar-refractivity contribution in [1.82, 2.24) is 20.0 Å². The maximum atomic E-state index is 12.6. The molecule has 1 aromatic rings. The average molecular weight is 295 g/mol. The summed E-state index contributed by atoms with van der Waals surface area (Å²) in [4.78, 5) is 14.5. The van der Waals surface area contributed by atoms with Gasteiger partial charge < -0.3 is 15.5 Å². The van der Waals surface area contributed by atoms with E-state index in [1.807, 2.05) is 11.8 Å². The molecular formula is C13H21N5OS. The molecule has 1 fully saturated rings. The highest BCUT2D eigenvalue weighted by atomic mass is 32.1. The Morgan fingerprint density at radius 3 is 2.75 bits per heavy atom. The first kappa shape index (κ1) is 14.8. The van der Waals surface area contributed by atoms with Crippen molar-refractivity contribution in [2.75, 3.05) is 25.0 Å². The lowest BCUT2D eigenvalue weighted by atomic mass is 10.1. The Morgan fingerprint density at radius 2 is 2.10 bits per heavy atom. The van der Waals surface area contributed by atoms with Gasteiger partial charge in [0, 0.05) is 26.7 Å². The second-order valence-electron chi connectivity index (χ2n) is 4.87. The standard InChI is InChI=1S/C13H21N5OS/c1-3-14-13(20)16-10-9-15-17(2)11(10)12(19)18-7-5-4-6-8-18/h9H,3-8H2,1-2H3,(H2,14,16,20). The van der Waals surface area contributed by atoms with Crippen LogP contribution < -0.4 is 10.6 Å². The van der Waals surface area contributed by atoms with Crippen LogP contribution in [0.4, 0.5) is 5.69 Å². The van der Waals surface area contributed by atoms with Crippen LogP contribution in [0.15, 0.2) is 6.20 Å². The minimum Gasteiger partial charge on any atom is -0.363 e. The summed E-state index contributed by atoms with van der Waals surface area (Å²) in [6.07, 6.45) is 4.98. The molecule has 0 saturated carbocycles. The molecule has 2 heterocycles. The number of amides is 1. The molecule has 1 aliphatic rings. The minimum atomic E-state index is 0.0199. The third kappa shape index (κ3) is 3.27. The van der Waals surface area contributed by atoms with Crippen LogP contribution in [-0.4, -0.2) is 45.3 Å². The highest BCUT2D eigenvalue weighted by molar-refractivity contribution is 7.80. The van der Waals surface area contributed by atoms with E-state index in [4.69, 9.17) is 12.2 Å². The highest BCUT2D eigenvalue weighted by Gasteiger charge is 2.24. The predicted octanol–water partition coefficient (Wildman–Crippen LogP) is 1.35. The molecule has 0 radical (unpaired) electrons. The van der Waals surface area contributed by atoms with Gasteiger partial charge in [-0.1, -0.05) is 0 Å². The maximum absolute atomic E-state index is 12.6. The largest absolute Gasteiger partial charge is 0.363 e. The fraction of sp³-hybridized carbons (Fsp3) is 0.615. The summed E-state index contributed by atoms with van der Waals surface area (Å²) in [6, 6.07) is 0. The normalized spacial score (nSPS) is 15.0. The van der Waals surface area contributed by atoms with Crippen LogP contribution in [0.3, 0.4) is 0 Å². The Balaban J connectivity index is 2.15. The number of carbonyl (C=O) groups is 1. The number of piperidine rings is 1. The first-order valence-electron chi connectivity index (χ1n) is 6.99. The molecule has 0 aromatic carbocycles. The van der Waals surface area contributed by atoms with Crippen molar-refractivity contribution in [3.63, 3.8) is 0 Å². The minimum absolute atomic E-state index is 0.0199. The van der Waals surface area contributed by atoms with Gasteiger partial charge in [0.15, 0.2) is 5.11 Å². The molecule has 0 spiro atoms. The lowest BCUT2D eigenvalue weighted by Crippen LogP contribution is -2.37. The Morgan fingerprint density at radius 1 is 1.40 bits per heavy atom. The van der Waals surface area contributed by atoms with E-state index >= 15 is 0 Å². The van der Waals surface area contributed by atoms with Crippen molar-refractivity contribution in [2.24, 2.45) is 7.05 Å². The predicted molar refractivity (Wildman–Crippen MR) is 82.9 cm³/mol. The number of nitrogens with zero attached hydrogens (tertiary/aromatic N) is 3. The Bertz CT molecular complexity index is 493. The molecule has 110 valence electrons. The zero-order valence-electron chi connectivity index (χ0n) is 12.0. The average Bonchev–Trinajstić information content (AvgIpc) is 2.80. The number of carbonyl (C=O) groups excluding carboxylic acids is 1. The van der Waals surface area contributed by atoms with Crippen LogP contribution in [0.5, 0.6) is 0 Å². The van der Waals surface area contributed by atoms with Crippen LogP contribution in [-0.2, 0) is 7.05 Å². The maximum Gasteiger partial charge on any atom is 0.274 e. The molecule has 1 aromatic heterocycles. The summed E-state index contributed by atoms with van der Waals surface area (Å²) in [5.41, 5.74) is 1.22. The van der Waals surface area contributed by atoms with E-state index in [0.717, 1.165) is 32.5 Å². The van der Waals surface area contributed by atoms with Gasteiger partial charge in [0.05, 0.1) is 11.9 Å². The number of thiocarbonyl (C=S) groups is 1. The zero-order valence-corrected chi connectivity index (χ0v) is 12.8. The van der Waals surface area contributed by atoms with Crippen molar-refractivity contribution in [1.29, 1.82) is 0 Å². The molecule has 1 amide bonds. The Labute approximate surface area is 124 Å². The van der Waals surface area contributed by atoms with Crippen molar-refractivity contribution < 1.29 is 4.79 Å². The molecule has 7 heteroatoms. The van der Waals surface area contributed by atoms with E-state index in [1.54, 1.807) is 17.9 Å². The monoisotopic (exact) mass is 295 g/mol. The summed E-state index contributed by atoms with van der Waals surface area (Å²) in [5, 5.41) is 10.7. The molecule has 0 bridgehead atoms. The summed E-state index contributed by atoms with van der Waals surface area (Å²) in [5.74, 6) is 0.0199. The second-order valence-corrected chi connectivity index (χ2v) is 5.28. The summed E-state index contributed by atoms with van der Waals surface area (Å²) < 4.78 is 1.60. The van der Waals surface area contributed by atoms with Gasteiger partial charge in [-0.3, -0.25) is 9.48 Å². The molecule has 2 N–H and O–H groups in total. The van der Waals surface area contributed by atoms with Gasteiger partial charge in [0.1, 0.15) is 5.69 Å². The van der Waals surface area contributed by atoms with Gasteiger partial charge in [-0.25, -0.2) is 0 Å². The zero-order chi connectivity index (χ0) is 14.5. The van der Waals surface area contributed by atoms with Gasteiger partial charge in [-0.15, -0.1) is 0 Å². The number of aryl methyl sites for hydroxylation is 1. The van der Waals surface area contributed by atoms with Crippen molar-refractivity contribution in [3.05, 3.63) is 11.9 Å². The van der Waals surface area contributed by atoms with Crippen molar-refractivity contribution >= 4 is 28.9 Å². The number of likely N-dealkylation sites (tertiary alicyclic amines) is 1. The summed E-state index contributed by atoms with van der Waals surface area (Å²) >= 11 is 5.16. The number of nitrogens with one attached hydrogen (secondary N) is 2. The van der Waals surface area contributed by atoms with Gasteiger partial charge in [0.2, 0.25) is 0 Å². The van der Waals surface area contributed by atoms with Crippen LogP contribution in [0.2, 0.25) is 0 Å². The Hall–Kier alpha value is -1.63. The first-order valence-corrected chi connectivity index (χ1v) is 7.40. The second kappa shape index (κ2) is 6.69. The third-order valence-corrected chi connectivity index (χ3v) is 3.62. The van der Waals surface area contributed by atoms with E-state index in [-0.39, 0.29) is 5.91 Å². The summed E-state index contributed by atoms with van der Waals surface area (Å²) in [7, 11) is 1.78. The molecule has 6 nitrogen and oxygen atoms in total. The number of hydrogen-bond donors (Lipinski definition) is 2. The van der Waals surface area contributed by atoms with Crippen LogP contribution >= 0.6 is 12.2 Å². The topological polar surface area (TPSA) is 62.2 Å². The molecule has 0 atom stereocenters. The van der Waals surface area contributed by atoms with E-state index in [1.165, 1.54) is 6.42 Å². The molecule has 1 aliphatic heterocycles. The fourth-order valence-corrected chi connectivity index (χ4v) is 2.61. The summed E-state index contributed by atoms with van der Waals surface area (Å²) in [6.45, 7) is 4.35. The van der Waals surface area contributed by atoms with E-state index in [9.17, 15) is 4.79 Å². The number of hydrogen-bond acceptors (Lipinski definition) is 3. The van der Waals surface area contributed by atoms with Gasteiger partial charge in [0.25, 0.3) is 5.91 Å². The molecule has 2 rings (SSSR count). The SMILES string of the molecule is CCNC(=S)Nc1cnn(C)c1C(=O)N1CCCCC1. The number of rotatable bonds is 3. The van der Waals surface area contributed by atoms with E-state index < -0.39 is 0 Å². The molecule has 0 unspecified atom stereocenters.